The van der Waals surface area contributed by atoms with Crippen molar-refractivity contribution in [3.05, 3.63) is 35.3 Å². The first-order chi connectivity index (χ1) is 6.24. The largest absolute Gasteiger partial charge is 0.297 e. The topological polar surface area (TPSA) is 34.5 Å². The number of hydrogen-bond acceptors (Lipinski definition) is 2. The first-order valence-electron chi connectivity index (χ1n) is 3.91. The van der Waals surface area contributed by atoms with Crippen molar-refractivity contribution in [3.63, 3.8) is 0 Å². The summed E-state index contributed by atoms with van der Waals surface area (Å²) in [5.41, 5.74) is 1.97. The Balaban J connectivity index is 2.99. The van der Waals surface area contributed by atoms with Crippen molar-refractivity contribution in [2.24, 2.45) is 0 Å². The minimum Gasteiger partial charge on any atom is -0.297 e. The van der Waals surface area contributed by atoms with Crippen LogP contribution in [0.1, 0.15) is 11.5 Å². The summed E-state index contributed by atoms with van der Waals surface area (Å²) < 4.78 is 1.82. The van der Waals surface area contributed by atoms with Crippen LogP contribution in [0.2, 0.25) is 0 Å². The molecular formula is C9H8N4. The minimum atomic E-state index is 0.538. The highest BCUT2D eigenvalue weighted by Gasteiger charge is 2.08. The molecule has 0 aliphatic heterocycles. The molecule has 0 aliphatic carbocycles. The van der Waals surface area contributed by atoms with Gasteiger partial charge < -0.3 is 0 Å². The van der Waals surface area contributed by atoms with Gasteiger partial charge in [-0.15, -0.1) is 0 Å². The number of hydrogen-bond donors (Lipinski definition) is 0. The molecule has 2 aromatic heterocycles. The van der Waals surface area contributed by atoms with E-state index in [-0.39, 0.29) is 0 Å². The van der Waals surface area contributed by atoms with Crippen molar-refractivity contribution in [1.29, 1.82) is 0 Å². The van der Waals surface area contributed by atoms with Gasteiger partial charge >= 0.3 is 0 Å². The molecule has 0 bridgehead atoms. The van der Waals surface area contributed by atoms with E-state index >= 15 is 0 Å². The Morgan fingerprint density at radius 3 is 2.92 bits per heavy atom. The maximum Gasteiger partial charge on any atom is 0.249 e. The van der Waals surface area contributed by atoms with E-state index in [0.29, 0.717) is 11.3 Å². The summed E-state index contributed by atoms with van der Waals surface area (Å²) in [6, 6.07) is 0. The predicted octanol–water partition coefficient (Wildman–Crippen LogP) is 1.90. The van der Waals surface area contributed by atoms with Crippen LogP contribution in [-0.2, 0) is 0 Å². The molecule has 0 radical (unpaired) electrons. The van der Waals surface area contributed by atoms with Crippen LogP contribution in [0.5, 0.6) is 0 Å². The molecule has 13 heavy (non-hydrogen) atoms. The van der Waals surface area contributed by atoms with Crippen molar-refractivity contribution < 1.29 is 0 Å². The lowest BCUT2D eigenvalue weighted by atomic mass is 10.3. The van der Waals surface area contributed by atoms with Crippen molar-refractivity contribution >= 4 is 11.3 Å². The Labute approximate surface area is 75.7 Å². The van der Waals surface area contributed by atoms with Gasteiger partial charge in [0.2, 0.25) is 5.69 Å². The third kappa shape index (κ3) is 0.975. The summed E-state index contributed by atoms with van der Waals surface area (Å²) in [7, 11) is 0. The molecule has 0 N–H and O–H groups in total. The highest BCUT2D eigenvalue weighted by molar-refractivity contribution is 5.70. The zero-order valence-electron chi connectivity index (χ0n) is 7.44. The zero-order chi connectivity index (χ0) is 9.42. The SMILES string of the molecule is [C-]#[N+]c1c(C)nc(C)n2ccnc12. The summed E-state index contributed by atoms with van der Waals surface area (Å²) in [6.07, 6.45) is 3.49. The van der Waals surface area contributed by atoms with Gasteiger partial charge in [-0.25, -0.2) is 9.83 Å². The molecule has 2 rings (SSSR count). The molecule has 64 valence electrons. The maximum atomic E-state index is 7.01. The van der Waals surface area contributed by atoms with Crippen LogP contribution < -0.4 is 0 Å². The molecule has 0 spiro atoms. The second-order valence-electron chi connectivity index (χ2n) is 2.83. The van der Waals surface area contributed by atoms with Crippen molar-refractivity contribution in [1.82, 2.24) is 14.4 Å². The van der Waals surface area contributed by atoms with Gasteiger partial charge in [-0.1, -0.05) is 0 Å². The van der Waals surface area contributed by atoms with Crippen LogP contribution in [0.3, 0.4) is 0 Å². The average Bonchev–Trinajstić information content (AvgIpc) is 2.53. The van der Waals surface area contributed by atoms with Crippen LogP contribution in [0.4, 0.5) is 5.69 Å². The Bertz CT molecular complexity index is 504. The second kappa shape index (κ2) is 2.56. The minimum absolute atomic E-state index is 0.538. The quantitative estimate of drug-likeness (QED) is 0.569. The number of rotatable bonds is 0. The number of fused-ring (bicyclic) bond motifs is 1. The van der Waals surface area contributed by atoms with E-state index in [1.807, 2.05) is 24.4 Å². The number of aromatic nitrogens is 3. The third-order valence-electron chi connectivity index (χ3n) is 1.99. The fourth-order valence-electron chi connectivity index (χ4n) is 1.38. The highest BCUT2D eigenvalue weighted by Crippen LogP contribution is 2.22. The van der Waals surface area contributed by atoms with E-state index in [9.17, 15) is 0 Å². The Morgan fingerprint density at radius 2 is 2.23 bits per heavy atom. The van der Waals surface area contributed by atoms with E-state index in [4.69, 9.17) is 6.57 Å². The Kier molecular flexibility index (Phi) is 1.52. The lowest BCUT2D eigenvalue weighted by Crippen LogP contribution is -1.96. The fraction of sp³-hybridized carbons (Fsp3) is 0.222. The summed E-state index contributed by atoms with van der Waals surface area (Å²) in [6.45, 7) is 10.7. The second-order valence-corrected chi connectivity index (χ2v) is 2.83. The molecule has 2 heterocycles. The van der Waals surface area contributed by atoms with Crippen LogP contribution >= 0.6 is 0 Å². The van der Waals surface area contributed by atoms with Gasteiger partial charge in [0.05, 0.1) is 12.3 Å². The van der Waals surface area contributed by atoms with Gasteiger partial charge in [-0.2, -0.15) is 0 Å². The van der Waals surface area contributed by atoms with Crippen LogP contribution in [0, 0.1) is 20.4 Å². The molecule has 2 aromatic rings. The van der Waals surface area contributed by atoms with E-state index in [1.165, 1.54) is 0 Å². The van der Waals surface area contributed by atoms with Crippen molar-refractivity contribution in [2.75, 3.05) is 0 Å². The highest BCUT2D eigenvalue weighted by atomic mass is 15.1. The van der Waals surface area contributed by atoms with E-state index in [2.05, 4.69) is 14.8 Å². The standard InChI is InChI=1S/C9H8N4/c1-6-8(10-3)9-11-4-5-13(9)7(2)12-6/h4-5H,1-2H3. The van der Waals surface area contributed by atoms with Gasteiger partial charge in [0.25, 0.3) is 0 Å². The summed E-state index contributed by atoms with van der Waals surface area (Å²) >= 11 is 0. The van der Waals surface area contributed by atoms with E-state index in [0.717, 1.165) is 11.5 Å². The lowest BCUT2D eigenvalue weighted by molar-refractivity contribution is 0.967. The molecule has 0 fully saturated rings. The molecule has 0 saturated carbocycles. The lowest BCUT2D eigenvalue weighted by Gasteiger charge is -2.02. The molecule has 0 unspecified atom stereocenters. The van der Waals surface area contributed by atoms with Crippen LogP contribution in [-0.4, -0.2) is 14.4 Å². The number of imidazole rings is 1. The molecule has 0 atom stereocenters. The smallest absolute Gasteiger partial charge is 0.249 e. The summed E-state index contributed by atoms with van der Waals surface area (Å²) in [4.78, 5) is 11.8. The van der Waals surface area contributed by atoms with Gasteiger partial charge in [0, 0.05) is 12.4 Å². The van der Waals surface area contributed by atoms with Crippen LogP contribution in [0.15, 0.2) is 12.4 Å². The molecule has 4 nitrogen and oxygen atoms in total. The van der Waals surface area contributed by atoms with Crippen molar-refractivity contribution in [2.45, 2.75) is 13.8 Å². The molecule has 0 saturated heterocycles. The van der Waals surface area contributed by atoms with E-state index in [1.54, 1.807) is 6.20 Å². The molecule has 4 heteroatoms. The first-order valence-corrected chi connectivity index (χ1v) is 3.91. The van der Waals surface area contributed by atoms with E-state index < -0.39 is 0 Å². The summed E-state index contributed by atoms with van der Waals surface area (Å²) in [5.74, 6) is 0.859. The molecular weight excluding hydrogens is 164 g/mol. The first kappa shape index (κ1) is 7.74. The fourth-order valence-corrected chi connectivity index (χ4v) is 1.38. The van der Waals surface area contributed by atoms with Gasteiger partial charge in [-0.05, 0) is 13.8 Å². The van der Waals surface area contributed by atoms with Crippen LogP contribution in [0.25, 0.3) is 10.5 Å². The Hall–Kier alpha value is -1.89. The van der Waals surface area contributed by atoms with Gasteiger partial charge in [-0.3, -0.25) is 9.38 Å². The molecule has 0 aromatic carbocycles. The molecule has 0 amide bonds. The normalized spacial score (nSPS) is 10.2. The zero-order valence-corrected chi connectivity index (χ0v) is 7.44. The monoisotopic (exact) mass is 172 g/mol. The maximum absolute atomic E-state index is 7.01. The predicted molar refractivity (Wildman–Crippen MR) is 48.7 cm³/mol. The third-order valence-corrected chi connectivity index (χ3v) is 1.99. The molecule has 0 aliphatic rings. The number of nitrogens with zero attached hydrogens (tertiary/aromatic N) is 4. The van der Waals surface area contributed by atoms with Gasteiger partial charge in [0.15, 0.2) is 0 Å². The van der Waals surface area contributed by atoms with Gasteiger partial charge in [0.1, 0.15) is 11.5 Å². The summed E-state index contributed by atoms with van der Waals surface area (Å²) in [5, 5.41) is 0. The van der Waals surface area contributed by atoms with Crippen molar-refractivity contribution in [3.8, 4) is 0 Å². The Morgan fingerprint density at radius 1 is 1.46 bits per heavy atom. The average molecular weight is 172 g/mol. The number of aryl methyl sites for hydroxylation is 2.